The third-order valence-electron chi connectivity index (χ3n) is 5.76. The number of nitrogens with zero attached hydrogens (tertiary/aromatic N) is 3. The van der Waals surface area contributed by atoms with E-state index >= 15 is 0 Å². The molecule has 1 aliphatic heterocycles. The van der Waals surface area contributed by atoms with E-state index < -0.39 is 21.5 Å². The Labute approximate surface area is 203 Å². The highest BCUT2D eigenvalue weighted by Gasteiger charge is 2.22. The molecule has 1 aromatic heterocycles. The zero-order chi connectivity index (χ0) is 23.4. The van der Waals surface area contributed by atoms with Crippen LogP contribution >= 0.6 is 22.9 Å². The maximum atomic E-state index is 12.4. The summed E-state index contributed by atoms with van der Waals surface area (Å²) in [5.41, 5.74) is 2.39. The van der Waals surface area contributed by atoms with Gasteiger partial charge in [0.25, 0.3) is 0 Å². The molecule has 10 heteroatoms. The van der Waals surface area contributed by atoms with Crippen LogP contribution in [0.5, 0.6) is 0 Å². The number of hydrogen-bond acceptors (Lipinski definition) is 7. The lowest BCUT2D eigenvalue weighted by Gasteiger charge is -2.34. The number of piperazine rings is 1. The van der Waals surface area contributed by atoms with E-state index in [4.69, 9.17) is 16.6 Å². The van der Waals surface area contributed by atoms with Gasteiger partial charge in [0.05, 0.1) is 15.1 Å². The molecule has 1 N–H and O–H groups in total. The standard InChI is InChI=1S/C23H27ClN4O3S2/c1-2-17-4-3-5-20-22(17)26-23(32-20)28-14-12-27(13-15-28)11-10-25-21(29)16-33(30,31)19-8-6-18(24)7-9-19/h3-9H,2,10-16H2,1H3,(H,25,29). The molecule has 0 saturated carbocycles. The number of aromatic nitrogens is 1. The summed E-state index contributed by atoms with van der Waals surface area (Å²) in [6, 6.07) is 12.2. The van der Waals surface area contributed by atoms with Crippen molar-refractivity contribution in [1.82, 2.24) is 15.2 Å². The topological polar surface area (TPSA) is 82.6 Å². The van der Waals surface area contributed by atoms with Crippen LogP contribution in [0.15, 0.2) is 47.4 Å². The Morgan fingerprint density at radius 3 is 2.55 bits per heavy atom. The van der Waals surface area contributed by atoms with E-state index in [0.29, 0.717) is 18.1 Å². The highest BCUT2D eigenvalue weighted by atomic mass is 35.5. The summed E-state index contributed by atoms with van der Waals surface area (Å²) in [7, 11) is -3.68. The lowest BCUT2D eigenvalue weighted by molar-refractivity contribution is -0.118. The smallest absolute Gasteiger partial charge is 0.235 e. The van der Waals surface area contributed by atoms with Crippen molar-refractivity contribution >= 4 is 54.0 Å². The first-order valence-corrected chi connectivity index (χ1v) is 13.8. The molecule has 2 aromatic carbocycles. The lowest BCUT2D eigenvalue weighted by atomic mass is 10.1. The van der Waals surface area contributed by atoms with Crippen LogP contribution < -0.4 is 10.2 Å². The summed E-state index contributed by atoms with van der Waals surface area (Å²) in [6.07, 6.45) is 0.973. The van der Waals surface area contributed by atoms with Gasteiger partial charge in [0.15, 0.2) is 15.0 Å². The molecule has 0 radical (unpaired) electrons. The third-order valence-corrected chi connectivity index (χ3v) is 8.73. The number of carbonyl (C=O) groups excluding carboxylic acids is 1. The van der Waals surface area contributed by atoms with Crippen molar-refractivity contribution in [1.29, 1.82) is 0 Å². The lowest BCUT2D eigenvalue weighted by Crippen LogP contribution is -2.48. The van der Waals surface area contributed by atoms with Crippen molar-refractivity contribution < 1.29 is 13.2 Å². The monoisotopic (exact) mass is 506 g/mol. The molecule has 1 fully saturated rings. The largest absolute Gasteiger partial charge is 0.354 e. The number of amides is 1. The van der Waals surface area contributed by atoms with Crippen LogP contribution in [0.2, 0.25) is 5.02 Å². The molecule has 0 bridgehead atoms. The molecule has 1 aliphatic rings. The fourth-order valence-electron chi connectivity index (χ4n) is 3.88. The number of rotatable bonds is 8. The molecule has 7 nitrogen and oxygen atoms in total. The minimum Gasteiger partial charge on any atom is -0.354 e. The molecule has 0 atom stereocenters. The fourth-order valence-corrected chi connectivity index (χ4v) is 6.24. The Morgan fingerprint density at radius 1 is 1.12 bits per heavy atom. The van der Waals surface area contributed by atoms with E-state index in [1.165, 1.54) is 34.5 Å². The molecule has 1 saturated heterocycles. The maximum Gasteiger partial charge on any atom is 0.235 e. The Bertz CT molecular complexity index is 1220. The highest BCUT2D eigenvalue weighted by Crippen LogP contribution is 2.31. The van der Waals surface area contributed by atoms with Gasteiger partial charge in [-0.2, -0.15) is 0 Å². The summed E-state index contributed by atoms with van der Waals surface area (Å²) < 4.78 is 26.0. The first kappa shape index (κ1) is 23.9. The van der Waals surface area contributed by atoms with Crippen LogP contribution in [0.25, 0.3) is 10.2 Å². The van der Waals surface area contributed by atoms with Crippen LogP contribution in [-0.2, 0) is 21.1 Å². The molecule has 33 heavy (non-hydrogen) atoms. The summed E-state index contributed by atoms with van der Waals surface area (Å²) in [6.45, 7) is 6.74. The van der Waals surface area contributed by atoms with E-state index in [1.54, 1.807) is 11.3 Å². The molecular formula is C23H27ClN4O3S2. The number of para-hydroxylation sites is 1. The average molecular weight is 507 g/mol. The summed E-state index contributed by atoms with van der Waals surface area (Å²) in [4.78, 5) is 21.7. The number of carbonyl (C=O) groups is 1. The SMILES string of the molecule is CCc1cccc2sc(N3CCN(CCNC(=O)CS(=O)(=O)c4ccc(Cl)cc4)CC3)nc12. The molecule has 1 amide bonds. The number of aryl methyl sites for hydroxylation is 1. The first-order valence-electron chi connectivity index (χ1n) is 11.0. The fraction of sp³-hybridized carbons (Fsp3) is 0.391. The second-order valence-corrected chi connectivity index (χ2v) is 11.4. The number of nitrogens with one attached hydrogen (secondary N) is 1. The van der Waals surface area contributed by atoms with E-state index in [1.807, 2.05) is 0 Å². The average Bonchev–Trinajstić information content (AvgIpc) is 3.24. The summed E-state index contributed by atoms with van der Waals surface area (Å²) in [5, 5.41) is 4.24. The highest BCUT2D eigenvalue weighted by molar-refractivity contribution is 7.92. The number of thiazole rings is 1. The van der Waals surface area contributed by atoms with Gasteiger partial charge in [0, 0.05) is 44.3 Å². The third kappa shape index (κ3) is 5.84. The Morgan fingerprint density at radius 2 is 1.85 bits per heavy atom. The molecule has 2 heterocycles. The zero-order valence-corrected chi connectivity index (χ0v) is 20.8. The molecule has 0 aliphatic carbocycles. The van der Waals surface area contributed by atoms with Gasteiger partial charge in [0.1, 0.15) is 5.75 Å². The van der Waals surface area contributed by atoms with Crippen LogP contribution in [0.3, 0.4) is 0 Å². The van der Waals surface area contributed by atoms with Crippen molar-refractivity contribution in [2.24, 2.45) is 0 Å². The Balaban J connectivity index is 1.23. The number of fused-ring (bicyclic) bond motifs is 1. The number of benzene rings is 2. The second kappa shape index (κ2) is 10.4. The van der Waals surface area contributed by atoms with E-state index in [2.05, 4.69) is 40.2 Å². The van der Waals surface area contributed by atoms with E-state index in [0.717, 1.165) is 43.2 Å². The van der Waals surface area contributed by atoms with Crippen LogP contribution in [0.4, 0.5) is 5.13 Å². The molecule has 4 rings (SSSR count). The minimum atomic E-state index is -3.68. The van der Waals surface area contributed by atoms with E-state index in [-0.39, 0.29) is 4.90 Å². The zero-order valence-electron chi connectivity index (χ0n) is 18.5. The van der Waals surface area contributed by atoms with Gasteiger partial charge in [-0.05, 0) is 42.3 Å². The summed E-state index contributed by atoms with van der Waals surface area (Å²) >= 11 is 7.54. The van der Waals surface area contributed by atoms with Crippen LogP contribution in [0.1, 0.15) is 12.5 Å². The maximum absolute atomic E-state index is 12.4. The number of halogens is 1. The molecular weight excluding hydrogens is 480 g/mol. The van der Waals surface area contributed by atoms with Gasteiger partial charge >= 0.3 is 0 Å². The van der Waals surface area contributed by atoms with Crippen molar-refractivity contribution in [3.8, 4) is 0 Å². The quantitative estimate of drug-likeness (QED) is 0.505. The van der Waals surface area contributed by atoms with Gasteiger partial charge in [-0.1, -0.05) is 42.0 Å². The van der Waals surface area contributed by atoms with Gasteiger partial charge in [-0.3, -0.25) is 9.69 Å². The van der Waals surface area contributed by atoms with E-state index in [9.17, 15) is 13.2 Å². The predicted molar refractivity (Wildman–Crippen MR) is 134 cm³/mol. The molecule has 3 aromatic rings. The van der Waals surface area contributed by atoms with Gasteiger partial charge < -0.3 is 10.2 Å². The molecule has 176 valence electrons. The predicted octanol–water partition coefficient (Wildman–Crippen LogP) is 3.22. The normalized spacial score (nSPS) is 15.2. The van der Waals surface area contributed by atoms with Crippen LogP contribution in [-0.4, -0.2) is 69.2 Å². The Hall–Kier alpha value is -2.20. The second-order valence-electron chi connectivity index (χ2n) is 8.01. The van der Waals surface area contributed by atoms with Crippen molar-refractivity contribution in [3.05, 3.63) is 53.1 Å². The van der Waals surface area contributed by atoms with Crippen LogP contribution in [0, 0.1) is 0 Å². The molecule has 0 spiro atoms. The minimum absolute atomic E-state index is 0.0964. The molecule has 0 unspecified atom stereocenters. The van der Waals surface area contributed by atoms with Gasteiger partial charge in [-0.25, -0.2) is 13.4 Å². The number of hydrogen-bond donors (Lipinski definition) is 1. The summed E-state index contributed by atoms with van der Waals surface area (Å²) in [5.74, 6) is -1.07. The number of sulfone groups is 1. The van der Waals surface area contributed by atoms with Crippen molar-refractivity contribution in [2.45, 2.75) is 18.2 Å². The van der Waals surface area contributed by atoms with Crippen molar-refractivity contribution in [2.75, 3.05) is 49.9 Å². The first-order chi connectivity index (χ1) is 15.9. The Kier molecular flexibility index (Phi) is 7.53. The van der Waals surface area contributed by atoms with Gasteiger partial charge in [-0.15, -0.1) is 0 Å². The van der Waals surface area contributed by atoms with Crippen molar-refractivity contribution in [3.63, 3.8) is 0 Å². The number of anilines is 1. The van der Waals surface area contributed by atoms with Gasteiger partial charge in [0.2, 0.25) is 5.91 Å².